The largest absolute Gasteiger partial charge is 0.492 e. The van der Waals surface area contributed by atoms with E-state index < -0.39 is 5.97 Å². The maximum atomic E-state index is 10.7. The van der Waals surface area contributed by atoms with Crippen LogP contribution in [0.15, 0.2) is 24.3 Å². The third-order valence-electron chi connectivity index (χ3n) is 2.48. The molecule has 0 saturated heterocycles. The number of carboxylic acid groups (broad SMARTS) is 1. The highest BCUT2D eigenvalue weighted by molar-refractivity contribution is 5.87. The summed E-state index contributed by atoms with van der Waals surface area (Å²) in [5.41, 5.74) is 0.210. The Kier molecular flexibility index (Phi) is 6.18. The van der Waals surface area contributed by atoms with Crippen LogP contribution >= 0.6 is 0 Å². The van der Waals surface area contributed by atoms with E-state index >= 15 is 0 Å². The minimum atomic E-state index is -0.968. The number of benzene rings is 1. The molecular formula is C13H19NO4. The SMILES string of the molecule is CCC(O)CNCCOc1cccc(C(=O)O)c1. The van der Waals surface area contributed by atoms with Crippen molar-refractivity contribution in [2.45, 2.75) is 19.4 Å². The minimum Gasteiger partial charge on any atom is -0.492 e. The maximum absolute atomic E-state index is 10.7. The Balaban J connectivity index is 2.27. The van der Waals surface area contributed by atoms with Gasteiger partial charge < -0.3 is 20.3 Å². The molecule has 18 heavy (non-hydrogen) atoms. The van der Waals surface area contributed by atoms with Gasteiger partial charge in [-0.05, 0) is 24.6 Å². The number of carboxylic acids is 1. The molecule has 5 nitrogen and oxygen atoms in total. The molecule has 0 aliphatic rings. The standard InChI is InChI=1S/C13H19NO4/c1-2-11(15)9-14-6-7-18-12-5-3-4-10(8-12)13(16)17/h3-5,8,11,14-15H,2,6-7,9H2,1H3,(H,16,17). The molecule has 1 aromatic carbocycles. The molecule has 0 fully saturated rings. The zero-order valence-electron chi connectivity index (χ0n) is 10.4. The van der Waals surface area contributed by atoms with Gasteiger partial charge in [-0.15, -0.1) is 0 Å². The zero-order chi connectivity index (χ0) is 13.4. The molecule has 0 saturated carbocycles. The average Bonchev–Trinajstić information content (AvgIpc) is 2.38. The van der Waals surface area contributed by atoms with E-state index in [4.69, 9.17) is 9.84 Å². The summed E-state index contributed by atoms with van der Waals surface area (Å²) in [4.78, 5) is 10.7. The summed E-state index contributed by atoms with van der Waals surface area (Å²) >= 11 is 0. The third kappa shape index (κ3) is 5.16. The van der Waals surface area contributed by atoms with Crippen molar-refractivity contribution in [3.05, 3.63) is 29.8 Å². The van der Waals surface area contributed by atoms with Gasteiger partial charge in [-0.2, -0.15) is 0 Å². The fourth-order valence-electron chi connectivity index (χ4n) is 1.37. The van der Waals surface area contributed by atoms with E-state index in [1.807, 2.05) is 6.92 Å². The summed E-state index contributed by atoms with van der Waals surface area (Å²) in [5.74, 6) is -0.433. The second kappa shape index (κ2) is 7.68. The smallest absolute Gasteiger partial charge is 0.335 e. The van der Waals surface area contributed by atoms with Gasteiger partial charge in [0.25, 0.3) is 0 Å². The molecule has 1 rings (SSSR count). The van der Waals surface area contributed by atoms with Crippen LogP contribution in [-0.2, 0) is 0 Å². The van der Waals surface area contributed by atoms with E-state index in [9.17, 15) is 9.90 Å². The predicted molar refractivity (Wildman–Crippen MR) is 68.1 cm³/mol. The van der Waals surface area contributed by atoms with Crippen LogP contribution in [0.3, 0.4) is 0 Å². The molecule has 0 bridgehead atoms. The fourth-order valence-corrected chi connectivity index (χ4v) is 1.37. The molecule has 0 aliphatic heterocycles. The number of aliphatic hydroxyl groups is 1. The van der Waals surface area contributed by atoms with Crippen LogP contribution in [0.5, 0.6) is 5.75 Å². The second-order valence-electron chi connectivity index (χ2n) is 3.95. The van der Waals surface area contributed by atoms with Crippen molar-refractivity contribution in [2.75, 3.05) is 19.7 Å². The van der Waals surface area contributed by atoms with Crippen molar-refractivity contribution in [2.24, 2.45) is 0 Å². The Labute approximate surface area is 106 Å². The van der Waals surface area contributed by atoms with Crippen molar-refractivity contribution in [1.29, 1.82) is 0 Å². The summed E-state index contributed by atoms with van der Waals surface area (Å²) in [6.45, 7) is 3.49. The summed E-state index contributed by atoms with van der Waals surface area (Å²) < 4.78 is 5.40. The van der Waals surface area contributed by atoms with E-state index in [0.717, 1.165) is 0 Å². The van der Waals surface area contributed by atoms with Crippen molar-refractivity contribution < 1.29 is 19.7 Å². The summed E-state index contributed by atoms with van der Waals surface area (Å²) in [7, 11) is 0. The van der Waals surface area contributed by atoms with E-state index in [1.165, 1.54) is 12.1 Å². The van der Waals surface area contributed by atoms with Gasteiger partial charge in [-0.25, -0.2) is 4.79 Å². The van der Waals surface area contributed by atoms with Crippen LogP contribution < -0.4 is 10.1 Å². The van der Waals surface area contributed by atoms with Crippen molar-refractivity contribution in [3.8, 4) is 5.75 Å². The van der Waals surface area contributed by atoms with Crippen molar-refractivity contribution in [1.82, 2.24) is 5.32 Å². The molecule has 1 aromatic rings. The number of nitrogens with one attached hydrogen (secondary N) is 1. The van der Waals surface area contributed by atoms with E-state index in [1.54, 1.807) is 12.1 Å². The minimum absolute atomic E-state index is 0.210. The Hall–Kier alpha value is -1.59. The van der Waals surface area contributed by atoms with Gasteiger partial charge in [0.15, 0.2) is 0 Å². The predicted octanol–water partition coefficient (Wildman–Crippen LogP) is 1.12. The van der Waals surface area contributed by atoms with Gasteiger partial charge in [0, 0.05) is 13.1 Å². The quantitative estimate of drug-likeness (QED) is 0.605. The molecule has 0 amide bonds. The van der Waals surface area contributed by atoms with E-state index in [0.29, 0.717) is 31.9 Å². The first kappa shape index (κ1) is 14.5. The Morgan fingerprint density at radius 3 is 2.94 bits per heavy atom. The van der Waals surface area contributed by atoms with Crippen LogP contribution in [0.25, 0.3) is 0 Å². The summed E-state index contributed by atoms with van der Waals surface area (Å²) in [6, 6.07) is 6.37. The number of ether oxygens (including phenoxy) is 1. The number of rotatable bonds is 8. The Morgan fingerprint density at radius 2 is 2.28 bits per heavy atom. The number of aromatic carboxylic acids is 1. The lowest BCUT2D eigenvalue weighted by Gasteiger charge is -2.10. The molecule has 5 heteroatoms. The zero-order valence-corrected chi connectivity index (χ0v) is 10.4. The monoisotopic (exact) mass is 253 g/mol. The number of hydrogen-bond acceptors (Lipinski definition) is 4. The van der Waals surface area contributed by atoms with Gasteiger partial charge in [-0.3, -0.25) is 0 Å². The van der Waals surface area contributed by atoms with Crippen LogP contribution in [0.2, 0.25) is 0 Å². The first-order valence-corrected chi connectivity index (χ1v) is 5.98. The highest BCUT2D eigenvalue weighted by Crippen LogP contribution is 2.12. The van der Waals surface area contributed by atoms with Crippen LogP contribution in [-0.4, -0.2) is 42.0 Å². The lowest BCUT2D eigenvalue weighted by Crippen LogP contribution is -2.29. The van der Waals surface area contributed by atoms with E-state index in [-0.39, 0.29) is 11.7 Å². The van der Waals surface area contributed by atoms with Crippen molar-refractivity contribution >= 4 is 5.97 Å². The normalized spacial score (nSPS) is 12.1. The lowest BCUT2D eigenvalue weighted by molar-refractivity contribution is 0.0696. The van der Waals surface area contributed by atoms with Crippen LogP contribution in [0.1, 0.15) is 23.7 Å². The van der Waals surface area contributed by atoms with E-state index in [2.05, 4.69) is 5.32 Å². The molecule has 100 valence electrons. The molecule has 3 N–H and O–H groups in total. The van der Waals surface area contributed by atoms with Gasteiger partial charge in [0.2, 0.25) is 0 Å². The second-order valence-corrected chi connectivity index (χ2v) is 3.95. The third-order valence-corrected chi connectivity index (χ3v) is 2.48. The van der Waals surface area contributed by atoms with Gasteiger partial charge in [0.05, 0.1) is 11.7 Å². The molecular weight excluding hydrogens is 234 g/mol. The Morgan fingerprint density at radius 1 is 1.50 bits per heavy atom. The van der Waals surface area contributed by atoms with Gasteiger partial charge in [-0.1, -0.05) is 13.0 Å². The molecule has 1 atom stereocenters. The fraction of sp³-hybridized carbons (Fsp3) is 0.462. The lowest BCUT2D eigenvalue weighted by atomic mass is 10.2. The van der Waals surface area contributed by atoms with Crippen molar-refractivity contribution in [3.63, 3.8) is 0 Å². The first-order valence-electron chi connectivity index (χ1n) is 5.98. The molecule has 0 radical (unpaired) electrons. The first-order chi connectivity index (χ1) is 8.63. The molecule has 0 aromatic heterocycles. The van der Waals surface area contributed by atoms with Gasteiger partial charge >= 0.3 is 5.97 Å². The van der Waals surface area contributed by atoms with Gasteiger partial charge in [0.1, 0.15) is 12.4 Å². The Bertz CT molecular complexity index is 381. The van der Waals surface area contributed by atoms with Crippen LogP contribution in [0, 0.1) is 0 Å². The average molecular weight is 253 g/mol. The number of aliphatic hydroxyl groups excluding tert-OH is 1. The molecule has 0 aliphatic carbocycles. The molecule has 0 heterocycles. The maximum Gasteiger partial charge on any atom is 0.335 e. The highest BCUT2D eigenvalue weighted by atomic mass is 16.5. The topological polar surface area (TPSA) is 78.8 Å². The molecule has 0 spiro atoms. The number of carbonyl (C=O) groups is 1. The highest BCUT2D eigenvalue weighted by Gasteiger charge is 2.03. The molecule has 1 unspecified atom stereocenters. The van der Waals surface area contributed by atoms with Crippen LogP contribution in [0.4, 0.5) is 0 Å². The summed E-state index contributed by atoms with van der Waals surface area (Å²) in [6.07, 6.45) is 0.384. The number of hydrogen-bond donors (Lipinski definition) is 3. The summed E-state index contributed by atoms with van der Waals surface area (Å²) in [5, 5.41) is 21.2.